The van der Waals surface area contributed by atoms with Gasteiger partial charge in [0.2, 0.25) is 0 Å². The van der Waals surface area contributed by atoms with E-state index in [0.717, 1.165) is 21.1 Å². The molecule has 4 rings (SSSR count). The third-order valence-electron chi connectivity index (χ3n) is 4.95. The first-order valence-corrected chi connectivity index (χ1v) is 11.8. The van der Waals surface area contributed by atoms with Crippen LogP contribution in [0.3, 0.4) is 0 Å². The lowest BCUT2D eigenvalue weighted by molar-refractivity contribution is 0.0746. The Hall–Kier alpha value is -2.65. The Morgan fingerprint density at radius 1 is 1.07 bits per heavy atom. The highest BCUT2D eigenvalue weighted by atomic mass is 32.2. The minimum Gasteiger partial charge on any atom is -0.497 e. The average molecular weight is 432 g/mol. The molecule has 0 atom stereocenters. The first kappa shape index (κ1) is 19.7. The zero-order valence-electron chi connectivity index (χ0n) is 16.2. The fourth-order valence-electron chi connectivity index (χ4n) is 3.28. The van der Waals surface area contributed by atoms with Crippen molar-refractivity contribution >= 4 is 42.4 Å². The van der Waals surface area contributed by atoms with E-state index in [9.17, 15) is 13.2 Å². The molecule has 1 aromatic heterocycles. The molecule has 0 spiro atoms. The number of methoxy groups -OCH3 is 1. The van der Waals surface area contributed by atoms with Crippen molar-refractivity contribution in [2.24, 2.45) is 0 Å². The van der Waals surface area contributed by atoms with E-state index in [1.165, 1.54) is 17.6 Å². The predicted octanol–water partition coefficient (Wildman–Crippen LogP) is 2.67. The Balaban J connectivity index is 1.45. The summed E-state index contributed by atoms with van der Waals surface area (Å²) in [6.45, 7) is 2.58. The topological polar surface area (TPSA) is 79.8 Å². The molecule has 7 nitrogen and oxygen atoms in total. The van der Waals surface area contributed by atoms with Gasteiger partial charge in [-0.15, -0.1) is 0 Å². The van der Waals surface area contributed by atoms with Gasteiger partial charge in [-0.05, 0) is 42.5 Å². The summed E-state index contributed by atoms with van der Waals surface area (Å²) in [5.74, 6) is 0.732. The molecule has 9 heteroatoms. The summed E-state index contributed by atoms with van der Waals surface area (Å²) in [5.41, 5.74) is 1.43. The van der Waals surface area contributed by atoms with Crippen LogP contribution in [0.2, 0.25) is 0 Å². The van der Waals surface area contributed by atoms with Crippen LogP contribution in [0.5, 0.6) is 5.75 Å². The molecule has 2 heterocycles. The van der Waals surface area contributed by atoms with Crippen molar-refractivity contribution < 1.29 is 17.9 Å². The van der Waals surface area contributed by atoms with Crippen LogP contribution in [0, 0.1) is 0 Å². The molecule has 0 radical (unpaired) electrons. The maximum atomic E-state index is 12.7. The quantitative estimate of drug-likeness (QED) is 0.632. The lowest BCUT2D eigenvalue weighted by Crippen LogP contribution is -2.48. The highest BCUT2D eigenvalue weighted by Crippen LogP contribution is 2.31. The zero-order chi connectivity index (χ0) is 20.6. The summed E-state index contributed by atoms with van der Waals surface area (Å²) in [6.07, 6.45) is 1.20. The summed E-state index contributed by atoms with van der Waals surface area (Å²) in [4.78, 5) is 21.6. The zero-order valence-corrected chi connectivity index (χ0v) is 17.8. The number of aromatic nitrogens is 1. The van der Waals surface area contributed by atoms with E-state index >= 15 is 0 Å². The number of ether oxygens (including phenoxy) is 1. The first-order chi connectivity index (χ1) is 13.8. The fraction of sp³-hybridized carbons (Fsp3) is 0.300. The van der Waals surface area contributed by atoms with Gasteiger partial charge in [0, 0.05) is 38.0 Å². The molecule has 152 valence electrons. The minimum absolute atomic E-state index is 0.00870. The van der Waals surface area contributed by atoms with Crippen LogP contribution in [0.1, 0.15) is 10.4 Å². The van der Waals surface area contributed by atoms with Crippen molar-refractivity contribution in [3.05, 3.63) is 48.0 Å². The molecule has 3 aromatic rings. The highest BCUT2D eigenvalue weighted by molar-refractivity contribution is 7.90. The normalized spacial score (nSPS) is 15.0. The predicted molar refractivity (Wildman–Crippen MR) is 114 cm³/mol. The van der Waals surface area contributed by atoms with E-state index in [4.69, 9.17) is 4.74 Å². The second-order valence-electron chi connectivity index (χ2n) is 6.91. The van der Waals surface area contributed by atoms with Gasteiger partial charge in [0.1, 0.15) is 5.75 Å². The lowest BCUT2D eigenvalue weighted by Gasteiger charge is -2.34. The van der Waals surface area contributed by atoms with E-state index in [1.54, 1.807) is 49.6 Å². The van der Waals surface area contributed by atoms with Gasteiger partial charge in [-0.25, -0.2) is 13.4 Å². The molecule has 2 aromatic carbocycles. The number of thiazole rings is 1. The van der Waals surface area contributed by atoms with Gasteiger partial charge in [-0.2, -0.15) is 0 Å². The average Bonchev–Trinajstić information content (AvgIpc) is 3.16. The number of carbonyl (C=O) groups excluding carboxylic acids is 1. The number of anilines is 1. The number of benzene rings is 2. The molecule has 0 saturated carbocycles. The van der Waals surface area contributed by atoms with Gasteiger partial charge < -0.3 is 14.5 Å². The third kappa shape index (κ3) is 4.06. The highest BCUT2D eigenvalue weighted by Gasteiger charge is 2.24. The SMILES string of the molecule is COc1ccc(C(=O)N2CCN(c3nc4ccc(S(C)(=O)=O)cc4s3)CC2)cc1. The number of rotatable bonds is 4. The van der Waals surface area contributed by atoms with Crippen LogP contribution in [0.4, 0.5) is 5.13 Å². The second kappa shape index (κ2) is 7.64. The number of nitrogens with zero attached hydrogens (tertiary/aromatic N) is 3. The van der Waals surface area contributed by atoms with Crippen LogP contribution in [0.15, 0.2) is 47.4 Å². The van der Waals surface area contributed by atoms with Crippen LogP contribution < -0.4 is 9.64 Å². The van der Waals surface area contributed by atoms with Gasteiger partial charge in [0.15, 0.2) is 15.0 Å². The maximum Gasteiger partial charge on any atom is 0.253 e. The molecule has 0 N–H and O–H groups in total. The summed E-state index contributed by atoms with van der Waals surface area (Å²) in [5, 5.41) is 0.849. The van der Waals surface area contributed by atoms with Crippen molar-refractivity contribution in [1.29, 1.82) is 0 Å². The van der Waals surface area contributed by atoms with Crippen LogP contribution in [0.25, 0.3) is 10.2 Å². The largest absolute Gasteiger partial charge is 0.497 e. The molecule has 1 saturated heterocycles. The standard InChI is InChI=1S/C20H21N3O4S2/c1-27-15-5-3-14(4-6-15)19(24)22-9-11-23(12-10-22)20-21-17-8-7-16(29(2,25)26)13-18(17)28-20/h3-8,13H,9-12H2,1-2H3. The maximum absolute atomic E-state index is 12.7. The summed E-state index contributed by atoms with van der Waals surface area (Å²) in [6, 6.07) is 12.1. The van der Waals surface area contributed by atoms with Crippen molar-refractivity contribution in [2.45, 2.75) is 4.90 Å². The minimum atomic E-state index is -3.24. The van der Waals surface area contributed by atoms with E-state index in [0.29, 0.717) is 36.6 Å². The third-order valence-corrected chi connectivity index (χ3v) is 7.14. The van der Waals surface area contributed by atoms with Crippen LogP contribution in [-0.2, 0) is 9.84 Å². The number of hydrogen-bond donors (Lipinski definition) is 0. The van der Waals surface area contributed by atoms with Gasteiger partial charge in [0.25, 0.3) is 5.91 Å². The van der Waals surface area contributed by atoms with E-state index in [-0.39, 0.29) is 5.91 Å². The lowest BCUT2D eigenvalue weighted by atomic mass is 10.1. The molecule has 1 aliphatic rings. The van der Waals surface area contributed by atoms with Gasteiger partial charge in [-0.3, -0.25) is 4.79 Å². The molecule has 0 bridgehead atoms. The fourth-order valence-corrected chi connectivity index (χ4v) is 5.05. The smallest absolute Gasteiger partial charge is 0.253 e. The Morgan fingerprint density at radius 3 is 2.38 bits per heavy atom. The first-order valence-electron chi connectivity index (χ1n) is 9.14. The van der Waals surface area contributed by atoms with Gasteiger partial charge in [-0.1, -0.05) is 11.3 Å². The molecular formula is C20H21N3O4S2. The summed E-state index contributed by atoms with van der Waals surface area (Å²) >= 11 is 1.48. The molecular weight excluding hydrogens is 410 g/mol. The van der Waals surface area contributed by atoms with Crippen molar-refractivity contribution in [3.63, 3.8) is 0 Å². The molecule has 1 aliphatic heterocycles. The van der Waals surface area contributed by atoms with E-state index in [2.05, 4.69) is 9.88 Å². The van der Waals surface area contributed by atoms with Crippen molar-refractivity contribution in [3.8, 4) is 5.75 Å². The van der Waals surface area contributed by atoms with E-state index in [1.807, 2.05) is 4.90 Å². The van der Waals surface area contributed by atoms with Crippen LogP contribution in [-0.4, -0.2) is 63.8 Å². The Kier molecular flexibility index (Phi) is 5.18. The van der Waals surface area contributed by atoms with Gasteiger partial charge >= 0.3 is 0 Å². The monoisotopic (exact) mass is 431 g/mol. The number of hydrogen-bond acceptors (Lipinski definition) is 7. The molecule has 1 amide bonds. The number of amides is 1. The second-order valence-corrected chi connectivity index (χ2v) is 9.93. The molecule has 1 fully saturated rings. The van der Waals surface area contributed by atoms with E-state index < -0.39 is 9.84 Å². The number of fused-ring (bicyclic) bond motifs is 1. The summed E-state index contributed by atoms with van der Waals surface area (Å²) in [7, 11) is -1.65. The molecule has 29 heavy (non-hydrogen) atoms. The van der Waals surface area contributed by atoms with Crippen molar-refractivity contribution in [2.75, 3.05) is 44.4 Å². The number of carbonyl (C=O) groups is 1. The van der Waals surface area contributed by atoms with Crippen LogP contribution >= 0.6 is 11.3 Å². The number of sulfone groups is 1. The van der Waals surface area contributed by atoms with Gasteiger partial charge in [0.05, 0.1) is 22.2 Å². The molecule has 0 unspecified atom stereocenters. The number of piperazine rings is 1. The Morgan fingerprint density at radius 2 is 1.76 bits per heavy atom. The Bertz CT molecular complexity index is 1150. The summed E-state index contributed by atoms with van der Waals surface area (Å²) < 4.78 is 29.5. The Labute approximate surface area is 173 Å². The van der Waals surface area contributed by atoms with Crippen molar-refractivity contribution in [1.82, 2.24) is 9.88 Å². The molecule has 0 aliphatic carbocycles.